The van der Waals surface area contributed by atoms with Gasteiger partial charge >= 0.3 is 0 Å². The number of nitrogens with one attached hydrogen (secondary N) is 1. The van der Waals surface area contributed by atoms with E-state index < -0.39 is 10.0 Å². The van der Waals surface area contributed by atoms with E-state index in [1.165, 1.54) is 16.4 Å². The van der Waals surface area contributed by atoms with Crippen LogP contribution in [0.15, 0.2) is 29.2 Å². The van der Waals surface area contributed by atoms with E-state index in [2.05, 4.69) is 19.2 Å². The van der Waals surface area contributed by atoms with Crippen LogP contribution in [0.3, 0.4) is 0 Å². The van der Waals surface area contributed by atoms with Gasteiger partial charge in [0.25, 0.3) is 0 Å². The first kappa shape index (κ1) is 19.2. The Morgan fingerprint density at radius 1 is 1.21 bits per heavy atom. The molecular formula is C17H25ClN2O3S. The lowest BCUT2D eigenvalue weighted by Crippen LogP contribution is -2.45. The minimum absolute atomic E-state index is 0.0484. The van der Waals surface area contributed by atoms with Crippen LogP contribution in [0.4, 0.5) is 0 Å². The Hall–Kier alpha value is -1.11. The second-order valence-electron chi connectivity index (χ2n) is 6.15. The summed E-state index contributed by atoms with van der Waals surface area (Å²) in [6.07, 6.45) is 2.93. The second kappa shape index (κ2) is 8.32. The van der Waals surface area contributed by atoms with Crippen LogP contribution in [0, 0.1) is 5.92 Å². The second-order valence-corrected chi connectivity index (χ2v) is 8.53. The molecule has 0 atom stereocenters. The van der Waals surface area contributed by atoms with Crippen LogP contribution in [0.25, 0.3) is 0 Å². The number of carbonyl (C=O) groups excluding carboxylic acids is 1. The number of amides is 1. The van der Waals surface area contributed by atoms with Crippen LogP contribution >= 0.6 is 11.6 Å². The lowest BCUT2D eigenvalue weighted by molar-refractivity contribution is -0.126. The maximum atomic E-state index is 12.6. The summed E-state index contributed by atoms with van der Waals surface area (Å²) >= 11 is 5.81. The van der Waals surface area contributed by atoms with Crippen molar-refractivity contribution < 1.29 is 13.2 Å². The van der Waals surface area contributed by atoms with Crippen molar-refractivity contribution in [3.8, 4) is 0 Å². The smallest absolute Gasteiger partial charge is 0.243 e. The van der Waals surface area contributed by atoms with Crippen molar-refractivity contribution in [3.63, 3.8) is 0 Å². The average Bonchev–Trinajstić information content (AvgIpc) is 2.60. The highest BCUT2D eigenvalue weighted by Gasteiger charge is 2.32. The normalized spacial score (nSPS) is 17.2. The molecule has 1 fully saturated rings. The average molecular weight is 373 g/mol. The van der Waals surface area contributed by atoms with Gasteiger partial charge in [0, 0.05) is 30.1 Å². The molecule has 0 aliphatic carbocycles. The zero-order valence-corrected chi connectivity index (χ0v) is 15.7. The third-order valence-corrected chi connectivity index (χ3v) is 6.77. The van der Waals surface area contributed by atoms with Crippen LogP contribution in [0.1, 0.15) is 39.5 Å². The summed E-state index contributed by atoms with van der Waals surface area (Å²) in [5.41, 5.74) is 0. The third-order valence-electron chi connectivity index (χ3n) is 4.61. The predicted octanol–water partition coefficient (Wildman–Crippen LogP) is 3.05. The highest BCUT2D eigenvalue weighted by atomic mass is 35.5. The first-order valence-corrected chi connectivity index (χ1v) is 10.3. The maximum Gasteiger partial charge on any atom is 0.243 e. The fraction of sp³-hybridized carbons (Fsp3) is 0.588. The molecule has 0 aromatic heterocycles. The lowest BCUT2D eigenvalue weighted by Gasteiger charge is -2.31. The zero-order valence-electron chi connectivity index (χ0n) is 14.2. The third kappa shape index (κ3) is 4.49. The summed E-state index contributed by atoms with van der Waals surface area (Å²) in [6, 6.07) is 6.38. The molecule has 1 amide bonds. The zero-order chi connectivity index (χ0) is 17.7. The van der Waals surface area contributed by atoms with E-state index in [4.69, 9.17) is 11.6 Å². The highest BCUT2D eigenvalue weighted by Crippen LogP contribution is 2.25. The van der Waals surface area contributed by atoms with Gasteiger partial charge in [-0.05, 0) is 49.9 Å². The molecular weight excluding hydrogens is 348 g/mol. The van der Waals surface area contributed by atoms with Gasteiger partial charge in [0.15, 0.2) is 0 Å². The molecule has 1 aromatic rings. The van der Waals surface area contributed by atoms with Crippen LogP contribution in [-0.2, 0) is 14.8 Å². The molecule has 0 unspecified atom stereocenters. The molecule has 0 bridgehead atoms. The Bertz CT molecular complexity index is 649. The van der Waals surface area contributed by atoms with Crippen molar-refractivity contribution in [1.29, 1.82) is 0 Å². The quantitative estimate of drug-likeness (QED) is 0.834. The topological polar surface area (TPSA) is 66.5 Å². The van der Waals surface area contributed by atoms with E-state index in [-0.39, 0.29) is 22.8 Å². The van der Waals surface area contributed by atoms with Gasteiger partial charge in [-0.2, -0.15) is 4.31 Å². The number of rotatable bonds is 6. The van der Waals surface area contributed by atoms with Crippen LogP contribution < -0.4 is 5.32 Å². The SMILES string of the molecule is CCC(CC)NC(=O)C1CCN(S(=O)(=O)c2ccc(Cl)cc2)CC1. The molecule has 1 heterocycles. The van der Waals surface area contributed by atoms with Gasteiger partial charge in [-0.3, -0.25) is 4.79 Å². The number of sulfonamides is 1. The highest BCUT2D eigenvalue weighted by molar-refractivity contribution is 7.89. The molecule has 5 nitrogen and oxygen atoms in total. The number of hydrogen-bond acceptors (Lipinski definition) is 3. The fourth-order valence-corrected chi connectivity index (χ4v) is 4.52. The van der Waals surface area contributed by atoms with Gasteiger partial charge in [0.05, 0.1) is 4.90 Å². The van der Waals surface area contributed by atoms with Crippen molar-refractivity contribution in [1.82, 2.24) is 9.62 Å². The molecule has 7 heteroatoms. The largest absolute Gasteiger partial charge is 0.353 e. The summed E-state index contributed by atoms with van der Waals surface area (Å²) in [5, 5.41) is 3.56. The molecule has 0 spiro atoms. The van der Waals surface area contributed by atoms with E-state index >= 15 is 0 Å². The van der Waals surface area contributed by atoms with E-state index in [9.17, 15) is 13.2 Å². The number of hydrogen-bond donors (Lipinski definition) is 1. The number of piperidine rings is 1. The summed E-state index contributed by atoms with van der Waals surface area (Å²) in [6.45, 7) is 4.84. The number of nitrogens with zero attached hydrogens (tertiary/aromatic N) is 1. The Balaban J connectivity index is 1.97. The Morgan fingerprint density at radius 2 is 1.75 bits per heavy atom. The fourth-order valence-electron chi connectivity index (χ4n) is 2.93. The molecule has 1 aliphatic rings. The monoisotopic (exact) mass is 372 g/mol. The standard InChI is InChI=1S/C17H25ClN2O3S/c1-3-15(4-2)19-17(21)13-9-11-20(12-10-13)24(22,23)16-7-5-14(18)6-8-16/h5-8,13,15H,3-4,9-12H2,1-2H3,(H,19,21). The molecule has 0 saturated carbocycles. The van der Waals surface area contributed by atoms with Crippen molar-refractivity contribution in [2.75, 3.05) is 13.1 Å². The summed E-state index contributed by atoms with van der Waals surface area (Å²) in [7, 11) is -3.52. The van der Waals surface area contributed by atoms with Crippen LogP contribution in [-0.4, -0.2) is 37.8 Å². The Morgan fingerprint density at radius 3 is 2.25 bits per heavy atom. The lowest BCUT2D eigenvalue weighted by atomic mass is 9.96. The maximum absolute atomic E-state index is 12.6. The molecule has 1 aromatic carbocycles. The van der Waals surface area contributed by atoms with Crippen molar-refractivity contribution >= 4 is 27.5 Å². The summed E-state index contributed by atoms with van der Waals surface area (Å²) in [4.78, 5) is 12.5. The summed E-state index contributed by atoms with van der Waals surface area (Å²) in [5.74, 6) is -0.0606. The van der Waals surface area contributed by atoms with E-state index in [0.29, 0.717) is 31.0 Å². The first-order valence-electron chi connectivity index (χ1n) is 8.44. The van der Waals surface area contributed by atoms with Gasteiger partial charge in [-0.15, -0.1) is 0 Å². The molecule has 1 N–H and O–H groups in total. The van der Waals surface area contributed by atoms with Crippen molar-refractivity contribution in [2.24, 2.45) is 5.92 Å². The molecule has 134 valence electrons. The van der Waals surface area contributed by atoms with E-state index in [0.717, 1.165) is 12.8 Å². The van der Waals surface area contributed by atoms with E-state index in [1.807, 2.05) is 0 Å². The predicted molar refractivity (Wildman–Crippen MR) is 95.4 cm³/mol. The molecule has 0 radical (unpaired) electrons. The van der Waals surface area contributed by atoms with Gasteiger partial charge in [0.1, 0.15) is 0 Å². The number of halogens is 1. The number of carbonyl (C=O) groups is 1. The molecule has 2 rings (SSSR count). The molecule has 1 saturated heterocycles. The van der Waals surface area contributed by atoms with Crippen molar-refractivity contribution in [3.05, 3.63) is 29.3 Å². The van der Waals surface area contributed by atoms with Crippen molar-refractivity contribution in [2.45, 2.75) is 50.5 Å². The molecule has 1 aliphatic heterocycles. The summed E-state index contributed by atoms with van der Waals surface area (Å²) < 4.78 is 26.7. The number of benzene rings is 1. The Kier molecular flexibility index (Phi) is 6.66. The first-order chi connectivity index (χ1) is 11.4. The van der Waals surface area contributed by atoms with Gasteiger partial charge < -0.3 is 5.32 Å². The van der Waals surface area contributed by atoms with Gasteiger partial charge in [0.2, 0.25) is 15.9 Å². The minimum Gasteiger partial charge on any atom is -0.353 e. The molecule has 24 heavy (non-hydrogen) atoms. The Labute approximate surface area is 149 Å². The van der Waals surface area contributed by atoms with Crippen LogP contribution in [0.2, 0.25) is 5.02 Å². The van der Waals surface area contributed by atoms with Gasteiger partial charge in [-0.1, -0.05) is 25.4 Å². The van der Waals surface area contributed by atoms with Crippen LogP contribution in [0.5, 0.6) is 0 Å². The minimum atomic E-state index is -3.52. The van der Waals surface area contributed by atoms with Gasteiger partial charge in [-0.25, -0.2) is 8.42 Å². The van der Waals surface area contributed by atoms with E-state index in [1.54, 1.807) is 12.1 Å².